The lowest BCUT2D eigenvalue weighted by Gasteiger charge is -2.45. The van der Waals surface area contributed by atoms with E-state index in [0.29, 0.717) is 0 Å². The zero-order valence-electron chi connectivity index (χ0n) is 28.9. The molecule has 2 aromatic heterocycles. The zero-order chi connectivity index (χ0) is 34.3. The third kappa shape index (κ3) is 4.25. The van der Waals surface area contributed by atoms with Crippen LogP contribution in [0.5, 0.6) is 0 Å². The molecule has 3 heteroatoms. The van der Waals surface area contributed by atoms with Crippen LogP contribution in [0.4, 0.5) is 17.1 Å². The van der Waals surface area contributed by atoms with E-state index in [1.54, 1.807) is 0 Å². The number of hydrogen-bond acceptors (Lipinski definition) is 3. The lowest BCUT2D eigenvalue weighted by molar-refractivity contribution is 0.685. The number of aryl methyl sites for hydroxylation is 3. The van der Waals surface area contributed by atoms with Gasteiger partial charge in [-0.15, -0.1) is 0 Å². The summed E-state index contributed by atoms with van der Waals surface area (Å²) in [6.07, 6.45) is 0. The van der Waals surface area contributed by atoms with Crippen LogP contribution in [0.2, 0.25) is 0 Å². The number of benzene rings is 7. The summed E-state index contributed by atoms with van der Waals surface area (Å²) in [7, 11) is 0. The van der Waals surface area contributed by atoms with Crippen LogP contribution in [-0.4, -0.2) is 9.97 Å². The summed E-state index contributed by atoms with van der Waals surface area (Å²) in [6, 6.07) is 57.2. The van der Waals surface area contributed by atoms with Crippen molar-refractivity contribution >= 4 is 60.4 Å². The van der Waals surface area contributed by atoms with Crippen molar-refractivity contribution in [1.82, 2.24) is 9.97 Å². The Balaban J connectivity index is 1.38. The molecule has 0 saturated heterocycles. The number of aromatic nitrogens is 2. The van der Waals surface area contributed by atoms with Crippen LogP contribution in [0.15, 0.2) is 158 Å². The molecule has 242 valence electrons. The van der Waals surface area contributed by atoms with Crippen molar-refractivity contribution < 1.29 is 0 Å². The second-order valence-corrected chi connectivity index (χ2v) is 14.0. The Bertz CT molecular complexity index is 2680. The highest BCUT2D eigenvalue weighted by Gasteiger charge is 2.49. The number of nitrogens with zero attached hydrogens (tertiary/aromatic N) is 3. The van der Waals surface area contributed by atoms with Crippen LogP contribution in [0, 0.1) is 20.8 Å². The maximum Gasteiger partial charge on any atom is 0.109 e. The Hall–Kier alpha value is -6.32. The molecule has 3 nitrogen and oxygen atoms in total. The number of hydrogen-bond donors (Lipinski definition) is 0. The van der Waals surface area contributed by atoms with Crippen LogP contribution in [-0.2, 0) is 5.41 Å². The first-order chi connectivity index (χ1) is 25.0. The predicted octanol–water partition coefficient (Wildman–Crippen LogP) is 12.2. The molecule has 7 aromatic carbocycles. The molecule has 1 aliphatic heterocycles. The summed E-state index contributed by atoms with van der Waals surface area (Å²) in [5, 5.41) is 6.90. The summed E-state index contributed by atoms with van der Waals surface area (Å²) in [6.45, 7) is 6.64. The van der Waals surface area contributed by atoms with Gasteiger partial charge in [-0.05, 0) is 78.1 Å². The summed E-state index contributed by atoms with van der Waals surface area (Å²) in [4.78, 5) is 13.9. The molecule has 0 spiro atoms. The average Bonchev–Trinajstić information content (AvgIpc) is 3.17. The van der Waals surface area contributed by atoms with Gasteiger partial charge in [0, 0.05) is 21.5 Å². The minimum absolute atomic E-state index is 0.827. The molecule has 0 N–H and O–H groups in total. The topological polar surface area (TPSA) is 29.0 Å². The SMILES string of the molecule is Cc1cc(C)c(N2c3ccccc3C(c3ccc4ccc5ccccc5c4n3)(c3ccc4ccc5ccccc5c4n3)c3ccccc32)c(C)c1. The van der Waals surface area contributed by atoms with Gasteiger partial charge in [0.25, 0.3) is 0 Å². The average molecular weight is 654 g/mol. The highest BCUT2D eigenvalue weighted by atomic mass is 15.2. The Kier molecular flexibility index (Phi) is 6.44. The molecule has 3 heterocycles. The van der Waals surface area contributed by atoms with Gasteiger partial charge >= 0.3 is 0 Å². The Morgan fingerprint density at radius 3 is 1.35 bits per heavy atom. The second kappa shape index (κ2) is 11.1. The van der Waals surface area contributed by atoms with Gasteiger partial charge in [-0.1, -0.05) is 139 Å². The first-order valence-corrected chi connectivity index (χ1v) is 17.7. The van der Waals surface area contributed by atoms with E-state index >= 15 is 0 Å². The van der Waals surface area contributed by atoms with Crippen LogP contribution >= 0.6 is 0 Å². The van der Waals surface area contributed by atoms with Crippen molar-refractivity contribution in [2.45, 2.75) is 26.2 Å². The third-order valence-electron chi connectivity index (χ3n) is 10.9. The molecule has 1 aliphatic rings. The fourth-order valence-corrected chi connectivity index (χ4v) is 8.83. The molecule has 0 bridgehead atoms. The minimum atomic E-state index is -0.827. The fourth-order valence-electron chi connectivity index (χ4n) is 8.83. The van der Waals surface area contributed by atoms with Gasteiger partial charge in [-0.2, -0.15) is 0 Å². The van der Waals surface area contributed by atoms with E-state index in [-0.39, 0.29) is 0 Å². The fraction of sp³-hybridized carbons (Fsp3) is 0.0833. The van der Waals surface area contributed by atoms with Gasteiger partial charge in [0.1, 0.15) is 5.41 Å². The smallest absolute Gasteiger partial charge is 0.109 e. The molecule has 0 radical (unpaired) electrons. The Labute approximate surface area is 297 Å². The minimum Gasteiger partial charge on any atom is -0.309 e. The van der Waals surface area contributed by atoms with Crippen molar-refractivity contribution in [3.05, 3.63) is 197 Å². The number of fused-ring (bicyclic) bond motifs is 8. The van der Waals surface area contributed by atoms with E-state index in [1.165, 1.54) is 33.2 Å². The maximum absolute atomic E-state index is 5.70. The zero-order valence-corrected chi connectivity index (χ0v) is 28.9. The van der Waals surface area contributed by atoms with Crippen molar-refractivity contribution in [2.24, 2.45) is 0 Å². The van der Waals surface area contributed by atoms with Crippen molar-refractivity contribution in [2.75, 3.05) is 4.90 Å². The first kappa shape index (κ1) is 29.6. The van der Waals surface area contributed by atoms with Gasteiger partial charge in [-0.3, -0.25) is 9.97 Å². The standard InChI is InChI=1S/C48H35N3/c1-30-28-31(2)47(32(3)29-30)51-41-18-10-8-16-39(41)48(40-17-9-11-19-42(40)51,43-26-24-35-22-20-33-12-4-6-14-37(33)45(35)49-43)44-27-25-36-23-21-34-13-5-7-15-38(34)46(36)50-44/h4-29H,1-3H3. The summed E-state index contributed by atoms with van der Waals surface area (Å²) < 4.78 is 0. The van der Waals surface area contributed by atoms with Gasteiger partial charge in [0.05, 0.1) is 39.5 Å². The monoisotopic (exact) mass is 653 g/mol. The molecule has 0 saturated carbocycles. The van der Waals surface area contributed by atoms with Crippen LogP contribution in [0.25, 0.3) is 43.4 Å². The maximum atomic E-state index is 5.70. The van der Waals surface area contributed by atoms with Crippen molar-refractivity contribution in [3.8, 4) is 0 Å². The van der Waals surface area contributed by atoms with E-state index < -0.39 is 5.41 Å². The van der Waals surface area contributed by atoms with Crippen molar-refractivity contribution in [1.29, 1.82) is 0 Å². The van der Waals surface area contributed by atoms with E-state index in [4.69, 9.17) is 9.97 Å². The Morgan fingerprint density at radius 2 is 0.843 bits per heavy atom. The van der Waals surface area contributed by atoms with Gasteiger partial charge in [-0.25, -0.2) is 0 Å². The van der Waals surface area contributed by atoms with Gasteiger partial charge < -0.3 is 4.90 Å². The van der Waals surface area contributed by atoms with Crippen LogP contribution in [0.3, 0.4) is 0 Å². The molecule has 9 aromatic rings. The molecule has 51 heavy (non-hydrogen) atoms. The van der Waals surface area contributed by atoms with Crippen molar-refractivity contribution in [3.63, 3.8) is 0 Å². The number of para-hydroxylation sites is 2. The van der Waals surface area contributed by atoms with E-state index in [0.717, 1.165) is 66.5 Å². The second-order valence-electron chi connectivity index (χ2n) is 14.0. The molecular weight excluding hydrogens is 619 g/mol. The molecular formula is C48H35N3. The molecule has 0 aliphatic carbocycles. The number of rotatable bonds is 3. The lowest BCUT2D eigenvalue weighted by Crippen LogP contribution is -2.39. The summed E-state index contributed by atoms with van der Waals surface area (Å²) >= 11 is 0. The first-order valence-electron chi connectivity index (χ1n) is 17.7. The largest absolute Gasteiger partial charge is 0.309 e. The van der Waals surface area contributed by atoms with E-state index in [2.05, 4.69) is 183 Å². The van der Waals surface area contributed by atoms with Crippen LogP contribution in [0.1, 0.15) is 39.2 Å². The number of anilines is 3. The molecule has 0 unspecified atom stereocenters. The number of pyridine rings is 2. The van der Waals surface area contributed by atoms with E-state index in [9.17, 15) is 0 Å². The molecule has 0 amide bonds. The highest BCUT2D eigenvalue weighted by molar-refractivity contribution is 6.06. The lowest BCUT2D eigenvalue weighted by atomic mass is 9.65. The van der Waals surface area contributed by atoms with Gasteiger partial charge in [0.15, 0.2) is 0 Å². The predicted molar refractivity (Wildman–Crippen MR) is 213 cm³/mol. The van der Waals surface area contributed by atoms with Crippen LogP contribution < -0.4 is 4.90 Å². The van der Waals surface area contributed by atoms with Gasteiger partial charge in [0.2, 0.25) is 0 Å². The summed E-state index contributed by atoms with van der Waals surface area (Å²) in [5.41, 5.74) is 12.6. The van der Waals surface area contributed by atoms with E-state index in [1.807, 2.05) is 0 Å². The Morgan fingerprint density at radius 1 is 0.431 bits per heavy atom. The normalized spacial score (nSPS) is 13.5. The molecule has 0 fully saturated rings. The quantitative estimate of drug-likeness (QED) is 0.178. The molecule has 10 rings (SSSR count). The third-order valence-corrected chi connectivity index (χ3v) is 10.9. The highest BCUT2D eigenvalue weighted by Crippen LogP contribution is 2.58. The summed E-state index contributed by atoms with van der Waals surface area (Å²) in [5.74, 6) is 0. The molecule has 0 atom stereocenters.